The van der Waals surface area contributed by atoms with Gasteiger partial charge in [-0.05, 0) is 29.7 Å². The van der Waals surface area contributed by atoms with Crippen LogP contribution in [0, 0.1) is 6.92 Å². The molecule has 0 unspecified atom stereocenters. The van der Waals surface area contributed by atoms with Gasteiger partial charge in [-0.25, -0.2) is 4.98 Å². The third kappa shape index (κ3) is 5.09. The van der Waals surface area contributed by atoms with Crippen molar-refractivity contribution in [3.8, 4) is 5.75 Å². The van der Waals surface area contributed by atoms with Gasteiger partial charge >= 0.3 is 0 Å². The zero-order valence-electron chi connectivity index (χ0n) is 17.6. The summed E-state index contributed by atoms with van der Waals surface area (Å²) in [6.07, 6.45) is 0. The maximum atomic E-state index is 13.3. The Morgan fingerprint density at radius 2 is 1.68 bits per heavy atom. The smallest absolute Gasteiger partial charge is 0.239 e. The largest absolute Gasteiger partial charge is 0.494 e. The van der Waals surface area contributed by atoms with Crippen molar-refractivity contribution in [2.45, 2.75) is 19.2 Å². The highest BCUT2D eigenvalue weighted by molar-refractivity contribution is 7.99. The maximum Gasteiger partial charge on any atom is 0.239 e. The van der Waals surface area contributed by atoms with Crippen LogP contribution in [0.1, 0.15) is 16.7 Å². The number of anilines is 1. The second-order valence-corrected chi connectivity index (χ2v) is 9.17. The number of amides is 1. The molecule has 1 amide bonds. The minimum Gasteiger partial charge on any atom is -0.494 e. The number of nitrogens with zero attached hydrogens (tertiary/aromatic N) is 2. The van der Waals surface area contributed by atoms with Crippen molar-refractivity contribution in [1.82, 2.24) is 4.98 Å². The number of methoxy groups -OCH3 is 1. The molecule has 0 fully saturated rings. The Morgan fingerprint density at radius 3 is 2.35 bits per heavy atom. The predicted molar refractivity (Wildman–Crippen MR) is 131 cm³/mol. The van der Waals surface area contributed by atoms with E-state index in [2.05, 4.69) is 19.1 Å². The summed E-state index contributed by atoms with van der Waals surface area (Å²) < 4.78 is 6.56. The minimum atomic E-state index is 0.0560. The number of carbonyl (C=O) groups is 1. The molecule has 0 saturated carbocycles. The number of thioether (sulfide) groups is 1. The van der Waals surface area contributed by atoms with E-state index < -0.39 is 0 Å². The molecule has 0 spiro atoms. The number of benzene rings is 3. The van der Waals surface area contributed by atoms with Gasteiger partial charge in [0.05, 0.1) is 24.1 Å². The number of hydrogen-bond acceptors (Lipinski definition) is 5. The molecular formula is C25H24N2O2S2. The van der Waals surface area contributed by atoms with E-state index in [1.54, 1.807) is 35.1 Å². The standard InChI is InChI=1S/C25H24N2O2S2/c1-18-13-14-21(29-2)23-24(18)31-25(26-23)27(15-19-9-5-3-6-10-19)22(28)17-30-16-20-11-7-4-8-12-20/h3-14H,15-17H2,1-2H3. The second kappa shape index (κ2) is 9.98. The van der Waals surface area contributed by atoms with Gasteiger partial charge in [0, 0.05) is 5.75 Å². The third-order valence-corrected chi connectivity index (χ3v) is 7.17. The van der Waals surface area contributed by atoms with Gasteiger partial charge in [-0.2, -0.15) is 0 Å². The molecule has 1 heterocycles. The average molecular weight is 449 g/mol. The molecule has 6 heteroatoms. The molecule has 0 saturated heterocycles. The number of hydrogen-bond donors (Lipinski definition) is 0. The van der Waals surface area contributed by atoms with E-state index in [0.29, 0.717) is 17.4 Å². The Kier molecular flexibility index (Phi) is 6.89. The highest BCUT2D eigenvalue weighted by Gasteiger charge is 2.22. The Balaban J connectivity index is 1.60. The molecule has 0 radical (unpaired) electrons. The summed E-state index contributed by atoms with van der Waals surface area (Å²) in [5, 5.41) is 0.705. The predicted octanol–water partition coefficient (Wildman–Crippen LogP) is 6.08. The van der Waals surface area contributed by atoms with Gasteiger partial charge in [-0.15, -0.1) is 11.8 Å². The van der Waals surface area contributed by atoms with Gasteiger partial charge in [-0.1, -0.05) is 78.1 Å². The van der Waals surface area contributed by atoms with Crippen LogP contribution >= 0.6 is 23.1 Å². The van der Waals surface area contributed by atoms with Gasteiger partial charge in [0.25, 0.3) is 0 Å². The summed E-state index contributed by atoms with van der Waals surface area (Å²) >= 11 is 3.17. The molecule has 0 aliphatic heterocycles. The number of ether oxygens (including phenoxy) is 1. The summed E-state index contributed by atoms with van der Waals surface area (Å²) in [4.78, 5) is 19.9. The monoisotopic (exact) mass is 448 g/mol. The van der Waals surface area contributed by atoms with Crippen molar-refractivity contribution in [3.63, 3.8) is 0 Å². The molecule has 4 nitrogen and oxygen atoms in total. The zero-order chi connectivity index (χ0) is 21.6. The lowest BCUT2D eigenvalue weighted by molar-refractivity contribution is -0.116. The first-order valence-corrected chi connectivity index (χ1v) is 12.0. The number of thiazole rings is 1. The lowest BCUT2D eigenvalue weighted by Gasteiger charge is -2.20. The fraction of sp³-hybridized carbons (Fsp3) is 0.200. The maximum absolute atomic E-state index is 13.3. The second-order valence-electron chi connectivity index (χ2n) is 7.20. The van der Waals surface area contributed by atoms with E-state index >= 15 is 0 Å². The van der Waals surface area contributed by atoms with Crippen LogP contribution in [-0.4, -0.2) is 23.8 Å². The third-order valence-electron chi connectivity index (χ3n) is 4.96. The Labute approximate surface area is 190 Å². The average Bonchev–Trinajstić information content (AvgIpc) is 3.25. The quantitative estimate of drug-likeness (QED) is 0.328. The molecule has 158 valence electrons. The molecule has 0 N–H and O–H groups in total. The first kappa shape index (κ1) is 21.4. The first-order valence-electron chi connectivity index (χ1n) is 10.1. The van der Waals surface area contributed by atoms with Crippen molar-refractivity contribution in [2.75, 3.05) is 17.8 Å². The Bertz CT molecular complexity index is 1160. The zero-order valence-corrected chi connectivity index (χ0v) is 19.2. The molecular weight excluding hydrogens is 424 g/mol. The highest BCUT2D eigenvalue weighted by atomic mass is 32.2. The lowest BCUT2D eigenvalue weighted by Crippen LogP contribution is -2.31. The van der Waals surface area contributed by atoms with E-state index in [1.807, 2.05) is 60.7 Å². The molecule has 0 aliphatic carbocycles. The van der Waals surface area contributed by atoms with Crippen LogP contribution in [0.3, 0.4) is 0 Å². The molecule has 0 bridgehead atoms. The van der Waals surface area contributed by atoms with E-state index in [9.17, 15) is 4.79 Å². The molecule has 1 aromatic heterocycles. The Hall–Kier alpha value is -2.83. The summed E-state index contributed by atoms with van der Waals surface area (Å²) in [5.74, 6) is 1.99. The van der Waals surface area contributed by atoms with Gasteiger partial charge in [0.1, 0.15) is 11.3 Å². The van der Waals surface area contributed by atoms with Crippen LogP contribution in [0.5, 0.6) is 5.75 Å². The van der Waals surface area contributed by atoms with E-state index in [-0.39, 0.29) is 5.91 Å². The number of aromatic nitrogens is 1. The van der Waals surface area contributed by atoms with Gasteiger partial charge in [-0.3, -0.25) is 9.69 Å². The fourth-order valence-electron chi connectivity index (χ4n) is 3.32. The van der Waals surface area contributed by atoms with Crippen molar-refractivity contribution in [2.24, 2.45) is 0 Å². The van der Waals surface area contributed by atoms with E-state index in [0.717, 1.165) is 32.8 Å². The van der Waals surface area contributed by atoms with Gasteiger partial charge < -0.3 is 4.74 Å². The topological polar surface area (TPSA) is 42.4 Å². The van der Waals surface area contributed by atoms with Crippen LogP contribution in [0.25, 0.3) is 10.2 Å². The summed E-state index contributed by atoms with van der Waals surface area (Å²) in [5.41, 5.74) is 4.23. The fourth-order valence-corrected chi connectivity index (χ4v) is 5.24. The van der Waals surface area contributed by atoms with Crippen molar-refractivity contribution >= 4 is 44.4 Å². The van der Waals surface area contributed by atoms with E-state index in [1.165, 1.54) is 5.56 Å². The summed E-state index contributed by atoms with van der Waals surface area (Å²) in [6.45, 7) is 2.55. The van der Waals surface area contributed by atoms with Crippen molar-refractivity contribution < 1.29 is 9.53 Å². The summed E-state index contributed by atoms with van der Waals surface area (Å²) in [6, 6.07) is 24.2. The van der Waals surface area contributed by atoms with Crippen LogP contribution in [-0.2, 0) is 17.1 Å². The molecule has 0 aliphatic rings. The SMILES string of the molecule is COc1ccc(C)c2sc(N(Cc3ccccc3)C(=O)CSCc3ccccc3)nc12. The molecule has 3 aromatic carbocycles. The number of rotatable bonds is 8. The first-order chi connectivity index (χ1) is 15.2. The molecule has 0 atom stereocenters. The normalized spacial score (nSPS) is 10.9. The molecule has 4 rings (SSSR count). The lowest BCUT2D eigenvalue weighted by atomic mass is 10.2. The summed E-state index contributed by atoms with van der Waals surface area (Å²) in [7, 11) is 1.65. The van der Waals surface area contributed by atoms with E-state index in [4.69, 9.17) is 9.72 Å². The van der Waals surface area contributed by atoms with Crippen LogP contribution in [0.2, 0.25) is 0 Å². The molecule has 4 aromatic rings. The van der Waals surface area contributed by atoms with Crippen molar-refractivity contribution in [3.05, 3.63) is 89.5 Å². The highest BCUT2D eigenvalue weighted by Crippen LogP contribution is 2.37. The van der Waals surface area contributed by atoms with Crippen LogP contribution in [0.4, 0.5) is 5.13 Å². The Morgan fingerprint density at radius 1 is 1.00 bits per heavy atom. The van der Waals surface area contributed by atoms with Gasteiger partial charge in [0.2, 0.25) is 5.91 Å². The number of aryl methyl sites for hydroxylation is 1. The number of carbonyl (C=O) groups excluding carboxylic acids is 1. The van der Waals surface area contributed by atoms with Crippen LogP contribution < -0.4 is 9.64 Å². The number of fused-ring (bicyclic) bond motifs is 1. The van der Waals surface area contributed by atoms with Crippen molar-refractivity contribution in [1.29, 1.82) is 0 Å². The van der Waals surface area contributed by atoms with Crippen LogP contribution in [0.15, 0.2) is 72.8 Å². The minimum absolute atomic E-state index is 0.0560. The van der Waals surface area contributed by atoms with Gasteiger partial charge in [0.15, 0.2) is 5.13 Å². The molecule has 31 heavy (non-hydrogen) atoms.